The van der Waals surface area contributed by atoms with E-state index < -0.39 is 0 Å². The predicted octanol–water partition coefficient (Wildman–Crippen LogP) is 1.44. The Bertz CT molecular complexity index is 398. The smallest absolute Gasteiger partial charge is 0.244 e. The molecule has 0 bridgehead atoms. The van der Waals surface area contributed by atoms with E-state index in [1.54, 1.807) is 12.3 Å². The zero-order valence-corrected chi connectivity index (χ0v) is 8.96. The molecular formula is C10H16N4O. The first-order valence-corrected chi connectivity index (χ1v) is 5.49. The second-order valence-corrected chi connectivity index (χ2v) is 3.92. The lowest BCUT2D eigenvalue weighted by Gasteiger charge is -2.19. The molecule has 0 atom stereocenters. The highest BCUT2D eigenvalue weighted by Crippen LogP contribution is 2.25. The first kappa shape index (κ1) is 10.1. The summed E-state index contributed by atoms with van der Waals surface area (Å²) in [4.78, 5) is 11.8. The van der Waals surface area contributed by atoms with Crippen LogP contribution in [0.1, 0.15) is 45.1 Å². The van der Waals surface area contributed by atoms with E-state index in [1.165, 1.54) is 28.6 Å². The topological polar surface area (TPSA) is 52.7 Å². The van der Waals surface area contributed by atoms with Gasteiger partial charge in [0.05, 0.1) is 6.04 Å². The molecule has 5 nitrogen and oxygen atoms in total. The first-order chi connectivity index (χ1) is 7.33. The van der Waals surface area contributed by atoms with Crippen molar-refractivity contribution in [3.8, 4) is 0 Å². The third-order valence-corrected chi connectivity index (χ3v) is 2.84. The summed E-state index contributed by atoms with van der Waals surface area (Å²) in [7, 11) is 0. The third kappa shape index (κ3) is 2.00. The number of hydrogen-bond donors (Lipinski definition) is 0. The van der Waals surface area contributed by atoms with Gasteiger partial charge in [-0.1, -0.05) is 25.3 Å². The van der Waals surface area contributed by atoms with Gasteiger partial charge in [-0.05, 0) is 30.2 Å². The maximum atomic E-state index is 11.8. The second-order valence-electron chi connectivity index (χ2n) is 3.92. The summed E-state index contributed by atoms with van der Waals surface area (Å²) >= 11 is 0. The summed E-state index contributed by atoms with van der Waals surface area (Å²) in [6, 6.07) is 0.255. The molecule has 0 saturated heterocycles. The van der Waals surface area contributed by atoms with E-state index in [0.717, 1.165) is 12.8 Å². The van der Waals surface area contributed by atoms with Crippen molar-refractivity contribution < 1.29 is 0 Å². The number of aromatic nitrogens is 4. The zero-order chi connectivity index (χ0) is 10.7. The fourth-order valence-electron chi connectivity index (χ4n) is 2.06. The zero-order valence-electron chi connectivity index (χ0n) is 8.96. The molecule has 5 heteroatoms. The fourth-order valence-corrected chi connectivity index (χ4v) is 2.06. The minimum atomic E-state index is -0.125. The molecule has 0 radical (unpaired) electrons. The Hall–Kier alpha value is -1.39. The summed E-state index contributed by atoms with van der Waals surface area (Å²) < 4.78 is 2.81. The molecule has 1 saturated carbocycles. The van der Waals surface area contributed by atoms with Gasteiger partial charge in [0, 0.05) is 6.20 Å². The number of nitrogens with zero attached hydrogens (tertiary/aromatic N) is 4. The summed E-state index contributed by atoms with van der Waals surface area (Å²) in [6.07, 6.45) is 9.16. The molecule has 1 aromatic heterocycles. The van der Waals surface area contributed by atoms with Crippen LogP contribution < -0.4 is 5.69 Å². The molecule has 82 valence electrons. The lowest BCUT2D eigenvalue weighted by atomic mass is 9.96. The van der Waals surface area contributed by atoms with E-state index in [9.17, 15) is 4.79 Å². The summed E-state index contributed by atoms with van der Waals surface area (Å²) in [5.41, 5.74) is -0.125. The van der Waals surface area contributed by atoms with Crippen LogP contribution in [0.5, 0.6) is 0 Å². The van der Waals surface area contributed by atoms with Gasteiger partial charge in [-0.2, -0.15) is 9.36 Å². The van der Waals surface area contributed by atoms with E-state index >= 15 is 0 Å². The monoisotopic (exact) mass is 208 g/mol. The van der Waals surface area contributed by atoms with Crippen LogP contribution in [0.4, 0.5) is 0 Å². The average Bonchev–Trinajstić information content (AvgIpc) is 2.63. The van der Waals surface area contributed by atoms with Gasteiger partial charge < -0.3 is 0 Å². The van der Waals surface area contributed by atoms with Crippen molar-refractivity contribution in [3.63, 3.8) is 0 Å². The van der Waals surface area contributed by atoms with E-state index in [0.29, 0.717) is 0 Å². The van der Waals surface area contributed by atoms with Crippen molar-refractivity contribution >= 4 is 6.20 Å². The normalized spacial score (nSPS) is 18.7. The van der Waals surface area contributed by atoms with Crippen LogP contribution in [0.25, 0.3) is 6.20 Å². The van der Waals surface area contributed by atoms with E-state index in [-0.39, 0.29) is 11.7 Å². The quantitative estimate of drug-likeness (QED) is 0.739. The predicted molar refractivity (Wildman–Crippen MR) is 57.4 cm³/mol. The number of hydrogen-bond acceptors (Lipinski definition) is 3. The number of allylic oxidation sites excluding steroid dienone is 1. The van der Waals surface area contributed by atoms with Crippen molar-refractivity contribution in [2.75, 3.05) is 0 Å². The summed E-state index contributed by atoms with van der Waals surface area (Å²) in [5, 5.41) is 7.73. The van der Waals surface area contributed by atoms with Gasteiger partial charge in [-0.15, -0.1) is 0 Å². The van der Waals surface area contributed by atoms with Crippen molar-refractivity contribution in [3.05, 3.63) is 16.6 Å². The standard InChI is InChI=1S/C10H16N4O/c1-2-8-13-10(15)14(12-11-13)9-6-4-3-5-7-9/h2,8-9H,3-7H2,1H3/b8-2+. The van der Waals surface area contributed by atoms with Gasteiger partial charge in [0.2, 0.25) is 0 Å². The Morgan fingerprint density at radius 2 is 2.00 bits per heavy atom. The Balaban J connectivity index is 2.24. The van der Waals surface area contributed by atoms with Crippen LogP contribution in [0, 0.1) is 0 Å². The van der Waals surface area contributed by atoms with Gasteiger partial charge in [0.1, 0.15) is 0 Å². The van der Waals surface area contributed by atoms with Crippen molar-refractivity contribution in [2.24, 2.45) is 0 Å². The lowest BCUT2D eigenvalue weighted by Crippen LogP contribution is -2.27. The highest BCUT2D eigenvalue weighted by Gasteiger charge is 2.19. The van der Waals surface area contributed by atoms with Gasteiger partial charge in [0.25, 0.3) is 0 Å². The van der Waals surface area contributed by atoms with E-state index in [2.05, 4.69) is 10.4 Å². The van der Waals surface area contributed by atoms with Crippen LogP contribution in [-0.4, -0.2) is 19.8 Å². The molecule has 0 unspecified atom stereocenters. The molecule has 0 N–H and O–H groups in total. The van der Waals surface area contributed by atoms with Crippen LogP contribution in [0.15, 0.2) is 10.9 Å². The molecule has 0 aliphatic heterocycles. The Labute approximate surface area is 88.4 Å². The van der Waals surface area contributed by atoms with Gasteiger partial charge in [-0.25, -0.2) is 4.79 Å². The molecule has 1 aromatic rings. The van der Waals surface area contributed by atoms with Crippen molar-refractivity contribution in [1.82, 2.24) is 19.8 Å². The molecule has 0 spiro atoms. The SMILES string of the molecule is C/C=C/n1nnn(C2CCCCC2)c1=O. The van der Waals surface area contributed by atoms with Crippen molar-refractivity contribution in [1.29, 1.82) is 0 Å². The third-order valence-electron chi connectivity index (χ3n) is 2.84. The van der Waals surface area contributed by atoms with Crippen LogP contribution in [0.2, 0.25) is 0 Å². The molecule has 1 fully saturated rings. The summed E-state index contributed by atoms with van der Waals surface area (Å²) in [6.45, 7) is 1.85. The Morgan fingerprint density at radius 3 is 2.67 bits per heavy atom. The molecule has 1 aliphatic carbocycles. The molecule has 1 heterocycles. The highest BCUT2D eigenvalue weighted by atomic mass is 16.2. The number of rotatable bonds is 2. The van der Waals surface area contributed by atoms with Gasteiger partial charge in [-0.3, -0.25) is 0 Å². The fraction of sp³-hybridized carbons (Fsp3) is 0.700. The number of tetrazole rings is 1. The Morgan fingerprint density at radius 1 is 1.27 bits per heavy atom. The first-order valence-electron chi connectivity index (χ1n) is 5.49. The van der Waals surface area contributed by atoms with Gasteiger partial charge >= 0.3 is 5.69 Å². The second kappa shape index (κ2) is 4.42. The largest absolute Gasteiger partial charge is 0.368 e. The highest BCUT2D eigenvalue weighted by molar-refractivity contribution is 5.16. The average molecular weight is 208 g/mol. The van der Waals surface area contributed by atoms with E-state index in [4.69, 9.17) is 0 Å². The van der Waals surface area contributed by atoms with Crippen LogP contribution in [-0.2, 0) is 0 Å². The maximum Gasteiger partial charge on any atom is 0.368 e. The van der Waals surface area contributed by atoms with Crippen LogP contribution in [0.3, 0.4) is 0 Å². The molecule has 1 aliphatic rings. The van der Waals surface area contributed by atoms with Crippen molar-refractivity contribution in [2.45, 2.75) is 45.1 Å². The minimum absolute atomic E-state index is 0.125. The lowest BCUT2D eigenvalue weighted by molar-refractivity contribution is 0.318. The Kier molecular flexibility index (Phi) is 2.99. The molecule has 0 aromatic carbocycles. The molecular weight excluding hydrogens is 192 g/mol. The maximum absolute atomic E-state index is 11.8. The molecule has 0 amide bonds. The summed E-state index contributed by atoms with van der Waals surface area (Å²) in [5.74, 6) is 0. The van der Waals surface area contributed by atoms with Gasteiger partial charge in [0.15, 0.2) is 0 Å². The molecule has 2 rings (SSSR count). The van der Waals surface area contributed by atoms with E-state index in [1.807, 2.05) is 6.92 Å². The minimum Gasteiger partial charge on any atom is -0.244 e. The molecule has 15 heavy (non-hydrogen) atoms. The van der Waals surface area contributed by atoms with Crippen LogP contribution >= 0.6 is 0 Å².